The van der Waals surface area contributed by atoms with Gasteiger partial charge in [-0.2, -0.15) is 4.31 Å². The lowest BCUT2D eigenvalue weighted by atomic mass is 10.0. The van der Waals surface area contributed by atoms with Crippen LogP contribution < -0.4 is 0 Å². The van der Waals surface area contributed by atoms with E-state index in [2.05, 4.69) is 0 Å². The van der Waals surface area contributed by atoms with Crippen LogP contribution >= 0.6 is 0 Å². The van der Waals surface area contributed by atoms with Crippen molar-refractivity contribution in [3.63, 3.8) is 0 Å². The Kier molecular flexibility index (Phi) is 3.75. The Bertz CT molecular complexity index is 620. The normalized spacial score (nSPS) is 20.0. The van der Waals surface area contributed by atoms with E-state index in [0.717, 1.165) is 18.4 Å². The first-order chi connectivity index (χ1) is 9.98. The summed E-state index contributed by atoms with van der Waals surface area (Å²) < 4.78 is 25.5. The minimum absolute atomic E-state index is 0.0288. The van der Waals surface area contributed by atoms with Crippen LogP contribution in [0.3, 0.4) is 0 Å². The third kappa shape index (κ3) is 2.96. The monoisotopic (exact) mass is 308 g/mol. The smallest absolute Gasteiger partial charge is 0.228 e. The lowest BCUT2D eigenvalue weighted by molar-refractivity contribution is -0.138. The third-order valence-corrected chi connectivity index (χ3v) is 6.47. The zero-order valence-corrected chi connectivity index (χ0v) is 12.9. The van der Waals surface area contributed by atoms with E-state index in [-0.39, 0.29) is 17.1 Å². The van der Waals surface area contributed by atoms with Crippen LogP contribution in [-0.2, 0) is 21.4 Å². The van der Waals surface area contributed by atoms with E-state index in [0.29, 0.717) is 19.6 Å². The Morgan fingerprint density at radius 2 is 1.86 bits per heavy atom. The van der Waals surface area contributed by atoms with Gasteiger partial charge in [0.05, 0.1) is 11.2 Å². The summed E-state index contributed by atoms with van der Waals surface area (Å²) in [5.41, 5.74) is 1.08. The van der Waals surface area contributed by atoms with Gasteiger partial charge >= 0.3 is 0 Å². The maximum atomic E-state index is 12.3. The molecule has 0 aromatic heterocycles. The zero-order valence-electron chi connectivity index (χ0n) is 12.1. The fraction of sp³-hybridized carbons (Fsp3) is 0.533. The first-order valence-corrected chi connectivity index (χ1v) is 8.76. The molecule has 1 aromatic carbocycles. The first kappa shape index (κ1) is 14.5. The molecule has 0 bridgehead atoms. The second-order valence-electron chi connectivity index (χ2n) is 5.94. The molecular weight excluding hydrogens is 288 g/mol. The standard InChI is InChI=1S/C15H20N2O3S/c1-16(9-12-5-3-2-4-6-12)15(18)13-10-17(11-13)21(19,20)14-7-8-14/h2-6,13-14H,7-11H2,1H3. The lowest BCUT2D eigenvalue weighted by Gasteiger charge is -2.38. The molecule has 0 unspecified atom stereocenters. The van der Waals surface area contributed by atoms with Crippen molar-refractivity contribution in [1.29, 1.82) is 0 Å². The largest absolute Gasteiger partial charge is 0.341 e. The SMILES string of the molecule is CN(Cc1ccccc1)C(=O)C1CN(S(=O)(=O)C2CC2)C1. The number of hydrogen-bond donors (Lipinski definition) is 0. The van der Waals surface area contributed by atoms with Gasteiger partial charge in [0.1, 0.15) is 0 Å². The van der Waals surface area contributed by atoms with Crippen molar-refractivity contribution in [2.45, 2.75) is 24.6 Å². The minimum atomic E-state index is -3.12. The number of benzene rings is 1. The van der Waals surface area contributed by atoms with Gasteiger partial charge in [0.2, 0.25) is 15.9 Å². The molecule has 1 aliphatic heterocycles. The Morgan fingerprint density at radius 1 is 1.24 bits per heavy atom. The molecule has 5 nitrogen and oxygen atoms in total. The second-order valence-corrected chi connectivity index (χ2v) is 8.15. The Balaban J connectivity index is 1.53. The molecule has 2 aliphatic rings. The third-order valence-electron chi connectivity index (χ3n) is 4.14. The molecule has 1 saturated carbocycles. The van der Waals surface area contributed by atoms with E-state index in [1.54, 1.807) is 11.9 Å². The molecule has 1 amide bonds. The van der Waals surface area contributed by atoms with Crippen molar-refractivity contribution < 1.29 is 13.2 Å². The molecule has 21 heavy (non-hydrogen) atoms. The van der Waals surface area contributed by atoms with Gasteiger partial charge in [-0.15, -0.1) is 0 Å². The molecule has 6 heteroatoms. The molecule has 1 heterocycles. The van der Waals surface area contributed by atoms with Gasteiger partial charge in [-0.25, -0.2) is 8.42 Å². The van der Waals surface area contributed by atoms with E-state index >= 15 is 0 Å². The highest BCUT2D eigenvalue weighted by atomic mass is 32.2. The number of nitrogens with zero attached hydrogens (tertiary/aromatic N) is 2. The summed E-state index contributed by atoms with van der Waals surface area (Å²) in [4.78, 5) is 14.0. The topological polar surface area (TPSA) is 57.7 Å². The van der Waals surface area contributed by atoms with Gasteiger partial charge in [-0.05, 0) is 18.4 Å². The second kappa shape index (κ2) is 5.42. The molecule has 0 spiro atoms. The summed E-state index contributed by atoms with van der Waals surface area (Å²) in [6, 6.07) is 9.79. The molecule has 3 rings (SSSR count). The summed E-state index contributed by atoms with van der Waals surface area (Å²) in [6.07, 6.45) is 1.54. The Morgan fingerprint density at radius 3 is 2.43 bits per heavy atom. The van der Waals surface area contributed by atoms with Crippen LogP contribution in [0.5, 0.6) is 0 Å². The van der Waals surface area contributed by atoms with Gasteiger partial charge in [-0.3, -0.25) is 4.79 Å². The fourth-order valence-corrected chi connectivity index (χ4v) is 4.55. The number of sulfonamides is 1. The first-order valence-electron chi connectivity index (χ1n) is 7.26. The number of amides is 1. The Labute approximate surface area is 125 Å². The maximum absolute atomic E-state index is 12.3. The highest BCUT2D eigenvalue weighted by Crippen LogP contribution is 2.34. The molecule has 2 fully saturated rings. The summed E-state index contributed by atoms with van der Waals surface area (Å²) in [6.45, 7) is 1.25. The average Bonchev–Trinajstić information content (AvgIpc) is 3.22. The molecular formula is C15H20N2O3S. The maximum Gasteiger partial charge on any atom is 0.228 e. The summed E-state index contributed by atoms with van der Waals surface area (Å²) >= 11 is 0. The number of hydrogen-bond acceptors (Lipinski definition) is 3. The van der Waals surface area contributed by atoms with Crippen molar-refractivity contribution in [3.05, 3.63) is 35.9 Å². The van der Waals surface area contributed by atoms with Crippen LogP contribution in [0.1, 0.15) is 18.4 Å². The van der Waals surface area contributed by atoms with E-state index in [1.165, 1.54) is 4.31 Å². The van der Waals surface area contributed by atoms with Crippen LogP contribution in [0.4, 0.5) is 0 Å². The molecule has 1 saturated heterocycles. The molecule has 0 atom stereocenters. The van der Waals surface area contributed by atoms with E-state index < -0.39 is 10.0 Å². The van der Waals surface area contributed by atoms with Crippen LogP contribution in [0, 0.1) is 5.92 Å². The van der Waals surface area contributed by atoms with Crippen LogP contribution in [0.15, 0.2) is 30.3 Å². The Hall–Kier alpha value is -1.40. The van der Waals surface area contributed by atoms with Gasteiger partial charge in [0.15, 0.2) is 0 Å². The summed E-state index contributed by atoms with van der Waals surface area (Å²) in [7, 11) is -1.35. The van der Waals surface area contributed by atoms with Gasteiger partial charge in [0.25, 0.3) is 0 Å². The predicted molar refractivity (Wildman–Crippen MR) is 79.9 cm³/mol. The van der Waals surface area contributed by atoms with E-state index in [4.69, 9.17) is 0 Å². The lowest BCUT2D eigenvalue weighted by Crippen LogP contribution is -2.56. The quantitative estimate of drug-likeness (QED) is 0.817. The van der Waals surface area contributed by atoms with E-state index in [1.807, 2.05) is 30.3 Å². The van der Waals surface area contributed by atoms with Crippen LogP contribution in [-0.4, -0.2) is 48.9 Å². The number of rotatable bonds is 5. The molecule has 0 N–H and O–H groups in total. The average molecular weight is 308 g/mol. The van der Waals surface area contributed by atoms with Crippen LogP contribution in [0.25, 0.3) is 0 Å². The van der Waals surface area contributed by atoms with Crippen molar-refractivity contribution in [3.8, 4) is 0 Å². The summed E-state index contributed by atoms with van der Waals surface area (Å²) in [5, 5.41) is -0.185. The van der Waals surface area contributed by atoms with Crippen molar-refractivity contribution in [2.75, 3.05) is 20.1 Å². The number of carbonyl (C=O) groups is 1. The fourth-order valence-electron chi connectivity index (χ4n) is 2.63. The van der Waals surface area contributed by atoms with Crippen LogP contribution in [0.2, 0.25) is 0 Å². The number of carbonyl (C=O) groups excluding carboxylic acids is 1. The predicted octanol–water partition coefficient (Wildman–Crippen LogP) is 1.07. The highest BCUT2D eigenvalue weighted by Gasteiger charge is 2.47. The van der Waals surface area contributed by atoms with E-state index in [9.17, 15) is 13.2 Å². The van der Waals surface area contributed by atoms with Gasteiger partial charge in [-0.1, -0.05) is 30.3 Å². The zero-order chi connectivity index (χ0) is 15.0. The molecule has 1 aromatic rings. The molecule has 114 valence electrons. The molecule has 1 aliphatic carbocycles. The molecule has 0 radical (unpaired) electrons. The van der Waals surface area contributed by atoms with Crippen molar-refractivity contribution in [2.24, 2.45) is 5.92 Å². The highest BCUT2D eigenvalue weighted by molar-refractivity contribution is 7.90. The van der Waals surface area contributed by atoms with Gasteiger partial charge in [0, 0.05) is 26.7 Å². The van der Waals surface area contributed by atoms with Gasteiger partial charge < -0.3 is 4.90 Å². The van der Waals surface area contributed by atoms with Crippen molar-refractivity contribution in [1.82, 2.24) is 9.21 Å². The minimum Gasteiger partial charge on any atom is -0.341 e. The summed E-state index contributed by atoms with van der Waals surface area (Å²) in [5.74, 6) is -0.159. The van der Waals surface area contributed by atoms with Crippen molar-refractivity contribution >= 4 is 15.9 Å².